The lowest BCUT2D eigenvalue weighted by Gasteiger charge is -2.17. The van der Waals surface area contributed by atoms with E-state index in [1.807, 2.05) is 0 Å². The average molecular weight is 492 g/mol. The number of hydrogen-bond acceptors (Lipinski definition) is 9. The van der Waals surface area contributed by atoms with Crippen LogP contribution in [0.1, 0.15) is 26.0 Å². The van der Waals surface area contributed by atoms with Gasteiger partial charge in [-0.15, -0.1) is 0 Å². The van der Waals surface area contributed by atoms with Crippen LogP contribution in [0.15, 0.2) is 17.8 Å². The zero-order chi connectivity index (χ0) is 24.7. The van der Waals surface area contributed by atoms with E-state index < -0.39 is 47.3 Å². The van der Waals surface area contributed by atoms with Gasteiger partial charge in [-0.3, -0.25) is 9.36 Å². The maximum Gasteiger partial charge on any atom is 0.310 e. The number of carboxylic acids is 1. The highest BCUT2D eigenvalue weighted by molar-refractivity contribution is 7.97. The number of anilines is 1. The SMILES string of the molecule is C[C@@H](C[S+](CC#CCCCN=[N+]=[N-])C[C@H]1O[C@@H](n2cnc3c(N)ncnc32)[C@@H](O)C1O)C(=O)O. The molecular formula is C20H27N8O5S+. The normalized spacial score (nSPS) is 23.6. The van der Waals surface area contributed by atoms with E-state index >= 15 is 0 Å². The van der Waals surface area contributed by atoms with Crippen molar-refractivity contribution in [1.29, 1.82) is 0 Å². The van der Waals surface area contributed by atoms with Crippen molar-refractivity contribution >= 4 is 33.8 Å². The maximum absolute atomic E-state index is 11.4. The van der Waals surface area contributed by atoms with Gasteiger partial charge in [-0.05, 0) is 24.8 Å². The Morgan fingerprint density at radius 3 is 2.91 bits per heavy atom. The number of rotatable bonds is 10. The molecule has 6 atom stereocenters. The van der Waals surface area contributed by atoms with Gasteiger partial charge >= 0.3 is 5.97 Å². The standard InChI is InChI=1S/C20H26N8O5S/c1-12(20(31)32)8-34(7-5-3-2-4-6-26-27-22)9-13-15(29)16(30)19(33-13)28-11-25-14-17(21)23-10-24-18(14)28/h10-13,15-16,19,29-30H,2,4,6-9H2,1H3,(H2-,21,23,24,31,32)/p+1/t12-,13+,15?,16-,19+,34?/m0/s1. The van der Waals surface area contributed by atoms with Crippen LogP contribution in [-0.2, 0) is 20.4 Å². The van der Waals surface area contributed by atoms with E-state index in [2.05, 4.69) is 36.8 Å². The average Bonchev–Trinajstić information content (AvgIpc) is 3.35. The van der Waals surface area contributed by atoms with Crippen LogP contribution in [0.3, 0.4) is 0 Å². The molecule has 1 aliphatic rings. The van der Waals surface area contributed by atoms with Crippen LogP contribution < -0.4 is 5.73 Å². The first-order valence-electron chi connectivity index (χ1n) is 10.6. The van der Waals surface area contributed by atoms with Gasteiger partial charge in [0.1, 0.15) is 41.7 Å². The number of nitrogens with two attached hydrogens (primary N) is 1. The van der Waals surface area contributed by atoms with Crippen LogP contribution in [0, 0.1) is 17.8 Å². The molecule has 5 N–H and O–H groups in total. The van der Waals surface area contributed by atoms with Gasteiger partial charge in [0.25, 0.3) is 0 Å². The van der Waals surface area contributed by atoms with E-state index in [0.717, 1.165) is 0 Å². The Kier molecular flexibility index (Phi) is 8.91. The molecule has 1 fully saturated rings. The number of azide groups is 1. The molecule has 182 valence electrons. The van der Waals surface area contributed by atoms with E-state index in [1.165, 1.54) is 17.2 Å². The van der Waals surface area contributed by atoms with Crippen LogP contribution in [0.2, 0.25) is 0 Å². The number of ether oxygens (including phenoxy) is 1. The van der Waals surface area contributed by atoms with E-state index in [1.54, 1.807) is 6.92 Å². The molecule has 2 unspecified atom stereocenters. The Balaban J connectivity index is 1.70. The summed E-state index contributed by atoms with van der Waals surface area (Å²) < 4.78 is 7.51. The van der Waals surface area contributed by atoms with E-state index in [9.17, 15) is 20.1 Å². The molecule has 2 aromatic heterocycles. The van der Waals surface area contributed by atoms with Crippen molar-refractivity contribution in [3.63, 3.8) is 0 Å². The number of nitrogens with zero attached hydrogens (tertiary/aromatic N) is 7. The molecule has 3 heterocycles. The molecule has 0 radical (unpaired) electrons. The van der Waals surface area contributed by atoms with Gasteiger partial charge in [0.15, 0.2) is 23.4 Å². The quantitative estimate of drug-likeness (QED) is 0.0908. The lowest BCUT2D eigenvalue weighted by atomic mass is 10.1. The van der Waals surface area contributed by atoms with Gasteiger partial charge in [0.05, 0.1) is 12.2 Å². The molecule has 13 nitrogen and oxygen atoms in total. The van der Waals surface area contributed by atoms with E-state index in [-0.39, 0.29) is 5.82 Å². The lowest BCUT2D eigenvalue weighted by molar-refractivity contribution is -0.140. The smallest absolute Gasteiger partial charge is 0.310 e. The molecule has 0 amide bonds. The number of hydrogen-bond donors (Lipinski definition) is 4. The maximum atomic E-state index is 11.4. The summed E-state index contributed by atoms with van der Waals surface area (Å²) in [5.41, 5.74) is 14.9. The molecule has 1 saturated heterocycles. The van der Waals surface area contributed by atoms with Gasteiger partial charge in [-0.1, -0.05) is 11.0 Å². The number of aromatic nitrogens is 4. The second-order valence-corrected chi connectivity index (χ2v) is 10.1. The Morgan fingerprint density at radius 2 is 2.18 bits per heavy atom. The van der Waals surface area contributed by atoms with Gasteiger partial charge < -0.3 is 25.8 Å². The van der Waals surface area contributed by atoms with Crippen LogP contribution in [0.5, 0.6) is 0 Å². The number of unbranched alkanes of at least 4 members (excludes halogenated alkanes) is 1. The summed E-state index contributed by atoms with van der Waals surface area (Å²) in [4.78, 5) is 26.3. The molecule has 0 spiro atoms. The third-order valence-electron chi connectivity index (χ3n) is 5.33. The summed E-state index contributed by atoms with van der Waals surface area (Å²) >= 11 is 0. The molecule has 0 aliphatic carbocycles. The number of aliphatic hydroxyl groups excluding tert-OH is 2. The van der Waals surface area contributed by atoms with Crippen LogP contribution in [0.4, 0.5) is 5.82 Å². The number of carboxylic acid groups (broad SMARTS) is 1. The summed E-state index contributed by atoms with van der Waals surface area (Å²) in [6.07, 6.45) is -0.190. The number of nitrogen functional groups attached to an aromatic ring is 1. The van der Waals surface area contributed by atoms with Crippen molar-refractivity contribution in [2.24, 2.45) is 11.0 Å². The summed E-state index contributed by atoms with van der Waals surface area (Å²) in [5, 5.41) is 34.2. The van der Waals surface area contributed by atoms with Crippen molar-refractivity contribution in [2.75, 3.05) is 29.5 Å². The molecule has 2 aromatic rings. The van der Waals surface area contributed by atoms with Gasteiger partial charge in [0.2, 0.25) is 0 Å². The molecular weight excluding hydrogens is 464 g/mol. The molecule has 0 saturated carbocycles. The van der Waals surface area contributed by atoms with E-state index in [0.29, 0.717) is 47.8 Å². The number of carbonyl (C=O) groups is 1. The molecule has 3 rings (SSSR count). The minimum absolute atomic E-state index is 0.190. The predicted molar refractivity (Wildman–Crippen MR) is 125 cm³/mol. The molecule has 34 heavy (non-hydrogen) atoms. The summed E-state index contributed by atoms with van der Waals surface area (Å²) in [5.74, 6) is 5.91. The van der Waals surface area contributed by atoms with Crippen molar-refractivity contribution < 1.29 is 24.9 Å². The third-order valence-corrected chi connectivity index (χ3v) is 7.65. The fourth-order valence-corrected chi connectivity index (χ4v) is 5.79. The molecule has 0 bridgehead atoms. The third kappa shape index (κ3) is 6.07. The number of aliphatic carboxylic acids is 1. The monoisotopic (exact) mass is 491 g/mol. The van der Waals surface area contributed by atoms with Crippen LogP contribution in [0.25, 0.3) is 21.6 Å². The zero-order valence-corrected chi connectivity index (χ0v) is 19.4. The fourth-order valence-electron chi connectivity index (χ4n) is 3.52. The number of aliphatic hydroxyl groups is 2. The first-order chi connectivity index (χ1) is 16.3. The van der Waals surface area contributed by atoms with Crippen molar-refractivity contribution in [1.82, 2.24) is 19.5 Å². The first-order valence-corrected chi connectivity index (χ1v) is 12.3. The highest BCUT2D eigenvalue weighted by Crippen LogP contribution is 2.33. The summed E-state index contributed by atoms with van der Waals surface area (Å²) in [6.45, 7) is 1.99. The van der Waals surface area contributed by atoms with Gasteiger partial charge in [-0.2, -0.15) is 0 Å². The minimum Gasteiger partial charge on any atom is -0.481 e. The number of imidazole rings is 1. The first kappa shape index (κ1) is 25.5. The molecule has 1 aliphatic heterocycles. The fraction of sp³-hybridized carbons (Fsp3) is 0.600. The highest BCUT2D eigenvalue weighted by atomic mass is 32.2. The Bertz CT molecular complexity index is 1110. The lowest BCUT2D eigenvalue weighted by Crippen LogP contribution is -2.38. The van der Waals surface area contributed by atoms with Crippen molar-refractivity contribution in [3.05, 3.63) is 23.1 Å². The second-order valence-electron chi connectivity index (χ2n) is 7.87. The minimum atomic E-state index is -1.24. The molecule has 14 heteroatoms. The van der Waals surface area contributed by atoms with E-state index in [4.69, 9.17) is 16.0 Å². The Hall–Kier alpha value is -3.08. The predicted octanol–water partition coefficient (Wildman–Crippen LogP) is 0.461. The van der Waals surface area contributed by atoms with Crippen LogP contribution in [-0.4, -0.2) is 82.9 Å². The summed E-state index contributed by atoms with van der Waals surface area (Å²) in [7, 11) is -0.505. The second kappa shape index (κ2) is 11.9. The number of fused-ring (bicyclic) bond motifs is 1. The summed E-state index contributed by atoms with van der Waals surface area (Å²) in [6, 6.07) is 0. The Labute approximate surface area is 198 Å². The van der Waals surface area contributed by atoms with Crippen molar-refractivity contribution in [2.45, 2.75) is 44.3 Å². The van der Waals surface area contributed by atoms with Crippen molar-refractivity contribution in [3.8, 4) is 11.8 Å². The van der Waals surface area contributed by atoms with Crippen LogP contribution >= 0.6 is 0 Å². The zero-order valence-electron chi connectivity index (χ0n) is 18.6. The van der Waals surface area contributed by atoms with Gasteiger partial charge in [-0.25, -0.2) is 15.0 Å². The highest BCUT2D eigenvalue weighted by Gasteiger charge is 2.47. The van der Waals surface area contributed by atoms with Gasteiger partial charge in [0, 0.05) is 28.8 Å². The molecule has 0 aromatic carbocycles. The largest absolute Gasteiger partial charge is 0.481 e. The topological polar surface area (TPSA) is 205 Å². The Morgan fingerprint density at radius 1 is 1.38 bits per heavy atom.